The first kappa shape index (κ1) is 14.0. The molecule has 0 fully saturated rings. The summed E-state index contributed by atoms with van der Waals surface area (Å²) in [5, 5.41) is 0. The maximum Gasteiger partial charge on any atom is 0.422 e. The number of ether oxygens (including phenoxy) is 2. The van der Waals surface area contributed by atoms with Gasteiger partial charge in [-0.25, -0.2) is 9.59 Å². The molecule has 4 nitrogen and oxygen atoms in total. The zero-order valence-corrected chi connectivity index (χ0v) is 9.28. The molecule has 0 unspecified atom stereocenters. The first-order valence-corrected chi connectivity index (χ1v) is 4.76. The highest BCUT2D eigenvalue weighted by molar-refractivity contribution is 5.93. The van der Waals surface area contributed by atoms with E-state index in [2.05, 4.69) is 9.47 Å². The predicted molar refractivity (Wildman–Crippen MR) is 54.1 cm³/mol. The Kier molecular flexibility index (Phi) is 4.30. The maximum atomic E-state index is 11.8. The van der Waals surface area contributed by atoms with Crippen LogP contribution in [0.4, 0.5) is 13.2 Å². The molecule has 1 aromatic carbocycles. The molecule has 0 bridgehead atoms. The Morgan fingerprint density at radius 3 is 1.89 bits per heavy atom. The number of alkyl halides is 3. The van der Waals surface area contributed by atoms with Gasteiger partial charge in [0.25, 0.3) is 0 Å². The van der Waals surface area contributed by atoms with Crippen molar-refractivity contribution in [2.45, 2.75) is 6.18 Å². The van der Waals surface area contributed by atoms with Crippen molar-refractivity contribution < 1.29 is 32.2 Å². The summed E-state index contributed by atoms with van der Waals surface area (Å²) < 4.78 is 43.9. The molecule has 0 atom stereocenters. The molecule has 0 spiro atoms. The van der Waals surface area contributed by atoms with Gasteiger partial charge >= 0.3 is 18.1 Å². The van der Waals surface area contributed by atoms with Crippen LogP contribution in [0.1, 0.15) is 20.7 Å². The monoisotopic (exact) mass is 262 g/mol. The smallest absolute Gasteiger partial charge is 0.422 e. The molecule has 0 aliphatic heterocycles. The highest BCUT2D eigenvalue weighted by atomic mass is 19.4. The van der Waals surface area contributed by atoms with E-state index >= 15 is 0 Å². The van der Waals surface area contributed by atoms with Crippen molar-refractivity contribution in [1.82, 2.24) is 0 Å². The van der Waals surface area contributed by atoms with Gasteiger partial charge in [-0.3, -0.25) is 0 Å². The Bertz CT molecular complexity index is 437. The van der Waals surface area contributed by atoms with E-state index in [4.69, 9.17) is 0 Å². The van der Waals surface area contributed by atoms with Crippen molar-refractivity contribution in [2.24, 2.45) is 0 Å². The number of carbonyl (C=O) groups is 2. The highest BCUT2D eigenvalue weighted by Crippen LogP contribution is 2.16. The van der Waals surface area contributed by atoms with Gasteiger partial charge in [-0.15, -0.1) is 0 Å². The van der Waals surface area contributed by atoms with E-state index in [1.807, 2.05) is 0 Å². The zero-order chi connectivity index (χ0) is 13.8. The summed E-state index contributed by atoms with van der Waals surface area (Å²) in [6.45, 7) is -1.65. The third-order valence-electron chi connectivity index (χ3n) is 1.91. The van der Waals surface area contributed by atoms with Crippen molar-refractivity contribution in [3.05, 3.63) is 35.4 Å². The van der Waals surface area contributed by atoms with Gasteiger partial charge in [-0.05, 0) is 24.3 Å². The molecule has 98 valence electrons. The van der Waals surface area contributed by atoms with Gasteiger partial charge in [0.1, 0.15) is 0 Å². The van der Waals surface area contributed by atoms with Gasteiger partial charge in [0.2, 0.25) is 0 Å². The predicted octanol–water partition coefficient (Wildman–Crippen LogP) is 2.19. The minimum atomic E-state index is -4.57. The number of esters is 2. The summed E-state index contributed by atoms with van der Waals surface area (Å²) in [7, 11) is 1.19. The number of rotatable bonds is 3. The molecule has 0 amide bonds. The van der Waals surface area contributed by atoms with Crippen LogP contribution in [0.3, 0.4) is 0 Å². The Labute approximate surface area is 100 Å². The minimum absolute atomic E-state index is 0.0769. The van der Waals surface area contributed by atoms with Gasteiger partial charge < -0.3 is 9.47 Å². The van der Waals surface area contributed by atoms with Gasteiger partial charge in [0.05, 0.1) is 18.2 Å². The quantitative estimate of drug-likeness (QED) is 0.783. The summed E-state index contributed by atoms with van der Waals surface area (Å²) in [6.07, 6.45) is -4.57. The van der Waals surface area contributed by atoms with E-state index in [1.165, 1.54) is 31.4 Å². The van der Waals surface area contributed by atoms with Crippen LogP contribution >= 0.6 is 0 Å². The summed E-state index contributed by atoms with van der Waals surface area (Å²) in [5.41, 5.74) is 0.108. The van der Waals surface area contributed by atoms with Crippen LogP contribution in [-0.4, -0.2) is 31.8 Å². The molecule has 18 heavy (non-hydrogen) atoms. The van der Waals surface area contributed by atoms with Crippen LogP contribution < -0.4 is 0 Å². The fraction of sp³-hybridized carbons (Fsp3) is 0.273. The van der Waals surface area contributed by atoms with Gasteiger partial charge in [0, 0.05) is 0 Å². The fourth-order valence-electron chi connectivity index (χ4n) is 1.09. The minimum Gasteiger partial charge on any atom is -0.465 e. The second-order valence-corrected chi connectivity index (χ2v) is 3.26. The molecule has 0 aromatic heterocycles. The first-order valence-electron chi connectivity index (χ1n) is 4.76. The number of benzene rings is 1. The van der Waals surface area contributed by atoms with E-state index < -0.39 is 24.7 Å². The van der Waals surface area contributed by atoms with Crippen LogP contribution in [0.25, 0.3) is 0 Å². The van der Waals surface area contributed by atoms with E-state index in [9.17, 15) is 22.8 Å². The lowest BCUT2D eigenvalue weighted by Gasteiger charge is -2.07. The topological polar surface area (TPSA) is 52.6 Å². The third kappa shape index (κ3) is 4.08. The van der Waals surface area contributed by atoms with Crippen LogP contribution in [0.2, 0.25) is 0 Å². The van der Waals surface area contributed by atoms with Gasteiger partial charge in [-0.1, -0.05) is 0 Å². The largest absolute Gasteiger partial charge is 0.465 e. The van der Waals surface area contributed by atoms with Crippen molar-refractivity contribution in [2.75, 3.05) is 13.7 Å². The summed E-state index contributed by atoms with van der Waals surface area (Å²) in [6, 6.07) is 4.89. The Balaban J connectivity index is 2.68. The Morgan fingerprint density at radius 2 is 1.50 bits per heavy atom. The Hall–Kier alpha value is -2.05. The molecule has 0 heterocycles. The number of carbonyl (C=O) groups excluding carboxylic acids is 2. The number of methoxy groups -OCH3 is 1. The van der Waals surface area contributed by atoms with E-state index in [0.717, 1.165) is 0 Å². The molecule has 1 aromatic rings. The Morgan fingerprint density at radius 1 is 1.06 bits per heavy atom. The average Bonchev–Trinajstić information content (AvgIpc) is 2.34. The molecule has 0 saturated carbocycles. The van der Waals surface area contributed by atoms with Crippen molar-refractivity contribution in [1.29, 1.82) is 0 Å². The lowest BCUT2D eigenvalue weighted by molar-refractivity contribution is -0.161. The van der Waals surface area contributed by atoms with E-state index in [1.54, 1.807) is 0 Å². The van der Waals surface area contributed by atoms with Crippen LogP contribution in [0.15, 0.2) is 24.3 Å². The molecule has 1 rings (SSSR count). The van der Waals surface area contributed by atoms with Crippen molar-refractivity contribution >= 4 is 11.9 Å². The maximum absolute atomic E-state index is 11.8. The lowest BCUT2D eigenvalue weighted by Crippen LogP contribution is -2.20. The van der Waals surface area contributed by atoms with Crippen LogP contribution in [0, 0.1) is 0 Å². The van der Waals surface area contributed by atoms with Crippen LogP contribution in [0.5, 0.6) is 0 Å². The first-order chi connectivity index (χ1) is 8.33. The number of halogens is 3. The normalized spacial score (nSPS) is 10.9. The molecular weight excluding hydrogens is 253 g/mol. The lowest BCUT2D eigenvalue weighted by atomic mass is 10.1. The van der Waals surface area contributed by atoms with E-state index in [-0.39, 0.29) is 11.1 Å². The molecule has 0 aliphatic rings. The molecule has 0 N–H and O–H groups in total. The molecule has 7 heteroatoms. The van der Waals surface area contributed by atoms with Crippen molar-refractivity contribution in [3.63, 3.8) is 0 Å². The van der Waals surface area contributed by atoms with Gasteiger partial charge in [0.15, 0.2) is 6.61 Å². The molecule has 0 aliphatic carbocycles. The second-order valence-electron chi connectivity index (χ2n) is 3.26. The number of hydrogen-bond donors (Lipinski definition) is 0. The summed E-state index contributed by atoms with van der Waals surface area (Å²) in [4.78, 5) is 22.3. The van der Waals surface area contributed by atoms with Crippen LogP contribution in [-0.2, 0) is 9.47 Å². The highest BCUT2D eigenvalue weighted by Gasteiger charge is 2.29. The standard InChI is InChI=1S/C11H9F3O4/c1-17-9(15)7-2-4-8(5-3-7)10(16)18-6-11(12,13)14/h2-5H,6H2,1H3. The van der Waals surface area contributed by atoms with E-state index in [0.29, 0.717) is 0 Å². The molecular formula is C11H9F3O4. The number of hydrogen-bond acceptors (Lipinski definition) is 4. The zero-order valence-electron chi connectivity index (χ0n) is 9.28. The van der Waals surface area contributed by atoms with Gasteiger partial charge in [-0.2, -0.15) is 13.2 Å². The van der Waals surface area contributed by atoms with Crippen molar-refractivity contribution in [3.8, 4) is 0 Å². The summed E-state index contributed by atoms with van der Waals surface area (Å²) >= 11 is 0. The summed E-state index contributed by atoms with van der Waals surface area (Å²) in [5.74, 6) is -1.71. The SMILES string of the molecule is COC(=O)c1ccc(C(=O)OCC(F)(F)F)cc1. The fourth-order valence-corrected chi connectivity index (χ4v) is 1.09. The molecule has 0 saturated heterocycles. The second kappa shape index (κ2) is 5.52. The molecule has 0 radical (unpaired) electrons. The average molecular weight is 262 g/mol. The third-order valence-corrected chi connectivity index (χ3v) is 1.91.